The lowest BCUT2D eigenvalue weighted by Crippen LogP contribution is -2.42. The predicted octanol–water partition coefficient (Wildman–Crippen LogP) is 4.17. The van der Waals surface area contributed by atoms with Crippen LogP contribution in [-0.4, -0.2) is 23.4 Å². The molecule has 2 aromatic carbocycles. The fraction of sp³-hybridized carbons (Fsp3) is 0.278. The third-order valence-electron chi connectivity index (χ3n) is 4.46. The monoisotopic (exact) mass is 377 g/mol. The van der Waals surface area contributed by atoms with Crippen molar-refractivity contribution in [3.05, 3.63) is 62.9 Å². The van der Waals surface area contributed by atoms with Gasteiger partial charge in [-0.25, -0.2) is 4.39 Å². The number of nitro benzene ring substituents is 1. The number of nitro groups is 1. The Morgan fingerprint density at radius 2 is 2.15 bits per heavy atom. The van der Waals surface area contributed by atoms with Gasteiger partial charge >= 0.3 is 0 Å². The summed E-state index contributed by atoms with van der Waals surface area (Å²) in [4.78, 5) is 24.7. The summed E-state index contributed by atoms with van der Waals surface area (Å²) in [6, 6.07) is 8.52. The van der Waals surface area contributed by atoms with E-state index >= 15 is 0 Å². The Bertz CT molecular complexity index is 875. The van der Waals surface area contributed by atoms with Crippen LogP contribution in [0.2, 0.25) is 5.02 Å². The maximum atomic E-state index is 13.4. The highest BCUT2D eigenvalue weighted by Gasteiger charge is 2.25. The van der Waals surface area contributed by atoms with Gasteiger partial charge in [0.2, 0.25) is 5.91 Å². The number of aryl methyl sites for hydroxylation is 1. The minimum Gasteiger partial charge on any atom is -0.359 e. The van der Waals surface area contributed by atoms with E-state index in [0.29, 0.717) is 0 Å². The Hall–Kier alpha value is -2.67. The molecule has 0 aliphatic carbocycles. The van der Waals surface area contributed by atoms with Gasteiger partial charge in [0.15, 0.2) is 0 Å². The lowest BCUT2D eigenvalue weighted by molar-refractivity contribution is -0.384. The molecule has 1 amide bonds. The van der Waals surface area contributed by atoms with Crippen molar-refractivity contribution in [3.8, 4) is 0 Å². The van der Waals surface area contributed by atoms with Gasteiger partial charge in [-0.15, -0.1) is 0 Å². The molecular weight excluding hydrogens is 361 g/mol. The molecule has 136 valence electrons. The van der Waals surface area contributed by atoms with Gasteiger partial charge in [-0.1, -0.05) is 11.6 Å². The maximum absolute atomic E-state index is 13.4. The first-order valence-corrected chi connectivity index (χ1v) is 8.52. The number of fused-ring (bicyclic) bond motifs is 1. The number of nitrogens with zero attached hydrogens (tertiary/aromatic N) is 2. The quantitative estimate of drug-likeness (QED) is 0.641. The molecule has 1 unspecified atom stereocenters. The van der Waals surface area contributed by atoms with Crippen LogP contribution in [0.4, 0.5) is 21.5 Å². The van der Waals surface area contributed by atoms with Crippen molar-refractivity contribution in [2.45, 2.75) is 25.8 Å². The highest BCUT2D eigenvalue weighted by atomic mass is 35.5. The molecule has 0 spiro atoms. The van der Waals surface area contributed by atoms with Crippen molar-refractivity contribution in [3.63, 3.8) is 0 Å². The fourth-order valence-electron chi connectivity index (χ4n) is 3.10. The Kier molecular flexibility index (Phi) is 5.08. The minimum atomic E-state index is -0.552. The SMILES string of the molecule is CC1CCc2cc(F)ccc2N1CC(=O)Nc1cc([N+](=O)[O-])ccc1Cl. The highest BCUT2D eigenvalue weighted by molar-refractivity contribution is 6.33. The van der Waals surface area contributed by atoms with Gasteiger partial charge < -0.3 is 10.2 Å². The van der Waals surface area contributed by atoms with Crippen molar-refractivity contribution < 1.29 is 14.1 Å². The van der Waals surface area contributed by atoms with Crippen molar-refractivity contribution in [1.29, 1.82) is 0 Å². The van der Waals surface area contributed by atoms with E-state index in [1.165, 1.54) is 30.3 Å². The normalized spacial score (nSPS) is 16.1. The number of benzene rings is 2. The molecule has 1 N–H and O–H groups in total. The van der Waals surface area contributed by atoms with Gasteiger partial charge in [0.05, 0.1) is 22.2 Å². The van der Waals surface area contributed by atoms with E-state index < -0.39 is 4.92 Å². The summed E-state index contributed by atoms with van der Waals surface area (Å²) in [7, 11) is 0. The predicted molar refractivity (Wildman–Crippen MR) is 98.3 cm³/mol. The lowest BCUT2D eigenvalue weighted by Gasteiger charge is -2.36. The van der Waals surface area contributed by atoms with E-state index in [9.17, 15) is 19.3 Å². The molecule has 0 saturated heterocycles. The lowest BCUT2D eigenvalue weighted by atomic mass is 9.96. The first-order chi connectivity index (χ1) is 12.3. The number of halogens is 2. The smallest absolute Gasteiger partial charge is 0.271 e. The van der Waals surface area contributed by atoms with Gasteiger partial charge in [-0.2, -0.15) is 0 Å². The van der Waals surface area contributed by atoms with Crippen LogP contribution in [0, 0.1) is 15.9 Å². The van der Waals surface area contributed by atoms with Crippen molar-refractivity contribution in [2.75, 3.05) is 16.8 Å². The van der Waals surface area contributed by atoms with Crippen LogP contribution in [0.5, 0.6) is 0 Å². The molecule has 6 nitrogen and oxygen atoms in total. The third kappa shape index (κ3) is 3.77. The Labute approximate surface area is 154 Å². The Morgan fingerprint density at radius 1 is 1.38 bits per heavy atom. The molecule has 26 heavy (non-hydrogen) atoms. The van der Waals surface area contributed by atoms with Gasteiger partial charge in [0, 0.05) is 23.9 Å². The number of amides is 1. The molecule has 2 aromatic rings. The molecule has 1 atom stereocenters. The summed E-state index contributed by atoms with van der Waals surface area (Å²) < 4.78 is 13.4. The van der Waals surface area contributed by atoms with E-state index in [1.807, 2.05) is 11.8 Å². The summed E-state index contributed by atoms with van der Waals surface area (Å²) in [5.74, 6) is -0.650. The molecule has 0 aromatic heterocycles. The Morgan fingerprint density at radius 3 is 2.88 bits per heavy atom. The van der Waals surface area contributed by atoms with Gasteiger partial charge in [-0.05, 0) is 49.6 Å². The van der Waals surface area contributed by atoms with Crippen LogP contribution < -0.4 is 10.2 Å². The fourth-order valence-corrected chi connectivity index (χ4v) is 3.27. The number of rotatable bonds is 4. The molecule has 0 radical (unpaired) electrons. The largest absolute Gasteiger partial charge is 0.359 e. The van der Waals surface area contributed by atoms with E-state index in [2.05, 4.69) is 5.32 Å². The molecular formula is C18H17ClFN3O3. The van der Waals surface area contributed by atoms with Crippen molar-refractivity contribution in [1.82, 2.24) is 0 Å². The van der Waals surface area contributed by atoms with Crippen LogP contribution in [0.15, 0.2) is 36.4 Å². The second kappa shape index (κ2) is 7.29. The van der Waals surface area contributed by atoms with Crippen molar-refractivity contribution >= 4 is 34.6 Å². The molecule has 0 fully saturated rings. The molecule has 1 heterocycles. The van der Waals surface area contributed by atoms with Gasteiger partial charge in [0.1, 0.15) is 5.82 Å². The maximum Gasteiger partial charge on any atom is 0.271 e. The summed E-state index contributed by atoms with van der Waals surface area (Å²) in [6.45, 7) is 2.04. The number of hydrogen-bond donors (Lipinski definition) is 1. The standard InChI is InChI=1S/C18H17ClFN3O3/c1-11-2-3-12-8-13(20)4-7-17(12)22(11)10-18(24)21-16-9-14(23(25)26)5-6-15(16)19/h4-9,11H,2-3,10H2,1H3,(H,21,24). The number of carbonyl (C=O) groups excluding carboxylic acids is 1. The molecule has 1 aliphatic heterocycles. The van der Waals surface area contributed by atoms with Gasteiger partial charge in [-0.3, -0.25) is 14.9 Å². The number of hydrogen-bond acceptors (Lipinski definition) is 4. The van der Waals surface area contributed by atoms with E-state index in [0.717, 1.165) is 24.1 Å². The van der Waals surface area contributed by atoms with Crippen LogP contribution >= 0.6 is 11.6 Å². The zero-order valence-corrected chi connectivity index (χ0v) is 14.8. The number of anilines is 2. The molecule has 3 rings (SSSR count). The van der Waals surface area contributed by atoms with E-state index in [4.69, 9.17) is 11.6 Å². The van der Waals surface area contributed by atoms with Crippen molar-refractivity contribution in [2.24, 2.45) is 0 Å². The van der Waals surface area contributed by atoms with Crippen LogP contribution in [0.1, 0.15) is 18.9 Å². The van der Waals surface area contributed by atoms with E-state index in [-0.39, 0.29) is 40.7 Å². The summed E-state index contributed by atoms with van der Waals surface area (Å²) >= 11 is 6.02. The first kappa shape index (κ1) is 18.1. The zero-order chi connectivity index (χ0) is 18.8. The topological polar surface area (TPSA) is 75.5 Å². The average Bonchev–Trinajstić information content (AvgIpc) is 2.59. The first-order valence-electron chi connectivity index (χ1n) is 8.14. The molecule has 0 saturated carbocycles. The number of carbonyl (C=O) groups is 1. The summed E-state index contributed by atoms with van der Waals surface area (Å²) in [5.41, 5.74) is 1.72. The summed E-state index contributed by atoms with van der Waals surface area (Å²) in [5, 5.41) is 13.7. The Balaban J connectivity index is 1.79. The highest BCUT2D eigenvalue weighted by Crippen LogP contribution is 2.31. The average molecular weight is 378 g/mol. The minimum absolute atomic E-state index is 0.0405. The van der Waals surface area contributed by atoms with E-state index in [1.54, 1.807) is 6.07 Å². The second-order valence-electron chi connectivity index (χ2n) is 6.26. The second-order valence-corrected chi connectivity index (χ2v) is 6.67. The molecule has 8 heteroatoms. The zero-order valence-electron chi connectivity index (χ0n) is 14.0. The molecule has 0 bridgehead atoms. The summed E-state index contributed by atoms with van der Waals surface area (Å²) in [6.07, 6.45) is 1.56. The third-order valence-corrected chi connectivity index (χ3v) is 4.79. The van der Waals surface area contributed by atoms with Gasteiger partial charge in [0.25, 0.3) is 5.69 Å². The number of nitrogens with one attached hydrogen (secondary N) is 1. The van der Waals surface area contributed by atoms with Crippen LogP contribution in [0.3, 0.4) is 0 Å². The van der Waals surface area contributed by atoms with Crippen LogP contribution in [0.25, 0.3) is 0 Å². The number of non-ortho nitro benzene ring substituents is 1. The molecule has 1 aliphatic rings. The van der Waals surface area contributed by atoms with Crippen LogP contribution in [-0.2, 0) is 11.2 Å².